The molecule has 0 radical (unpaired) electrons. The van der Waals surface area contributed by atoms with Crippen molar-refractivity contribution in [2.45, 2.75) is 53.1 Å². The van der Waals surface area contributed by atoms with Gasteiger partial charge in [0.25, 0.3) is 6.29 Å². The summed E-state index contributed by atoms with van der Waals surface area (Å²) in [5.74, 6) is -1.13. The first-order chi connectivity index (χ1) is 9.05. The highest BCUT2D eigenvalue weighted by molar-refractivity contribution is 6.01. The first-order valence-corrected chi connectivity index (χ1v) is 6.71. The van der Waals surface area contributed by atoms with E-state index in [4.69, 9.17) is 18.9 Å². The Morgan fingerprint density at radius 1 is 1.00 bits per heavy atom. The van der Waals surface area contributed by atoms with E-state index in [1.165, 1.54) is 0 Å². The van der Waals surface area contributed by atoms with Gasteiger partial charge in [0.15, 0.2) is 5.41 Å². The minimum atomic E-state index is -1.19. The summed E-state index contributed by atoms with van der Waals surface area (Å²) in [6, 6.07) is 0. The van der Waals surface area contributed by atoms with Crippen molar-refractivity contribution in [2.75, 3.05) is 13.2 Å². The summed E-state index contributed by atoms with van der Waals surface area (Å²) in [5.41, 5.74) is -1.19. The first-order valence-electron chi connectivity index (χ1n) is 6.71. The van der Waals surface area contributed by atoms with Crippen LogP contribution in [-0.2, 0) is 28.5 Å². The molecule has 0 aliphatic carbocycles. The predicted octanol–water partition coefficient (Wildman–Crippen LogP) is 1.62. The Balaban J connectivity index is 2.83. The third-order valence-corrected chi connectivity index (χ3v) is 3.32. The quantitative estimate of drug-likeness (QED) is 0.399. The highest BCUT2D eigenvalue weighted by Gasteiger charge is 2.53. The number of esters is 2. The Bertz CT molecular complexity index is 297. The molecule has 1 aliphatic rings. The summed E-state index contributed by atoms with van der Waals surface area (Å²) in [4.78, 5) is 24.2. The van der Waals surface area contributed by atoms with Gasteiger partial charge in [-0.15, -0.1) is 0 Å². The highest BCUT2D eigenvalue weighted by Crippen LogP contribution is 2.35. The van der Waals surface area contributed by atoms with Crippen molar-refractivity contribution in [1.29, 1.82) is 0 Å². The van der Waals surface area contributed by atoms with Crippen molar-refractivity contribution in [2.24, 2.45) is 5.41 Å². The molecule has 0 bridgehead atoms. The van der Waals surface area contributed by atoms with Gasteiger partial charge in [0.1, 0.15) is 0 Å². The average molecular weight is 274 g/mol. The zero-order valence-electron chi connectivity index (χ0n) is 11.9. The molecule has 0 spiro atoms. The molecular formula is C13H22O6. The predicted molar refractivity (Wildman–Crippen MR) is 66.0 cm³/mol. The van der Waals surface area contributed by atoms with E-state index in [9.17, 15) is 9.59 Å². The van der Waals surface area contributed by atoms with Crippen LogP contribution in [0.4, 0.5) is 0 Å². The molecule has 1 rings (SSSR count). The maximum atomic E-state index is 12.1. The molecule has 0 saturated carbocycles. The normalized spacial score (nSPS) is 19.4. The third kappa shape index (κ3) is 3.06. The monoisotopic (exact) mass is 274 g/mol. The second-order valence-electron chi connectivity index (χ2n) is 4.25. The Morgan fingerprint density at radius 3 is 1.74 bits per heavy atom. The van der Waals surface area contributed by atoms with Gasteiger partial charge in [0.2, 0.25) is 6.29 Å². The molecule has 0 aromatic carbocycles. The summed E-state index contributed by atoms with van der Waals surface area (Å²) in [6.45, 7) is 7.80. The summed E-state index contributed by atoms with van der Waals surface area (Å²) < 4.78 is 20.9. The lowest BCUT2D eigenvalue weighted by molar-refractivity contribution is -0.289. The van der Waals surface area contributed by atoms with Crippen LogP contribution in [-0.4, -0.2) is 37.7 Å². The SMILES string of the molecule is CCOC(OCC)C1OC(=O)C(CC)(CC)C(=O)O1. The summed E-state index contributed by atoms with van der Waals surface area (Å²) in [6.07, 6.45) is -1.32. The van der Waals surface area contributed by atoms with Gasteiger partial charge in [-0.25, -0.2) is 0 Å². The van der Waals surface area contributed by atoms with Gasteiger partial charge in [-0.2, -0.15) is 0 Å². The number of hydrogen-bond donors (Lipinski definition) is 0. The maximum absolute atomic E-state index is 12.1. The zero-order valence-corrected chi connectivity index (χ0v) is 11.9. The molecule has 0 unspecified atom stereocenters. The van der Waals surface area contributed by atoms with Crippen LogP contribution in [0.15, 0.2) is 0 Å². The minimum absolute atomic E-state index is 0.349. The molecule has 6 nitrogen and oxygen atoms in total. The van der Waals surface area contributed by atoms with Crippen molar-refractivity contribution < 1.29 is 28.5 Å². The van der Waals surface area contributed by atoms with E-state index >= 15 is 0 Å². The fourth-order valence-electron chi connectivity index (χ4n) is 2.02. The number of carbonyl (C=O) groups is 2. The van der Waals surface area contributed by atoms with Crippen LogP contribution < -0.4 is 0 Å². The summed E-state index contributed by atoms with van der Waals surface area (Å²) >= 11 is 0. The largest absolute Gasteiger partial charge is 0.419 e. The van der Waals surface area contributed by atoms with Crippen molar-refractivity contribution in [3.05, 3.63) is 0 Å². The lowest BCUT2D eigenvalue weighted by Gasteiger charge is -2.37. The van der Waals surface area contributed by atoms with E-state index in [2.05, 4.69) is 0 Å². The Morgan fingerprint density at radius 2 is 1.42 bits per heavy atom. The molecule has 0 aromatic rings. The van der Waals surface area contributed by atoms with Crippen molar-refractivity contribution in [3.8, 4) is 0 Å². The molecule has 1 aliphatic heterocycles. The van der Waals surface area contributed by atoms with Gasteiger partial charge in [-0.3, -0.25) is 9.59 Å². The van der Waals surface area contributed by atoms with Crippen LogP contribution in [0.25, 0.3) is 0 Å². The van der Waals surface area contributed by atoms with Crippen molar-refractivity contribution >= 4 is 11.9 Å². The molecule has 0 aromatic heterocycles. The summed E-state index contributed by atoms with van der Waals surface area (Å²) in [5, 5.41) is 0. The molecule has 19 heavy (non-hydrogen) atoms. The van der Waals surface area contributed by atoms with Crippen LogP contribution in [0.5, 0.6) is 0 Å². The average Bonchev–Trinajstić information content (AvgIpc) is 2.39. The van der Waals surface area contributed by atoms with Gasteiger partial charge < -0.3 is 18.9 Å². The van der Waals surface area contributed by atoms with Gasteiger partial charge in [-0.05, 0) is 26.7 Å². The van der Waals surface area contributed by atoms with E-state index in [0.717, 1.165) is 0 Å². The number of ether oxygens (including phenoxy) is 4. The smallest absolute Gasteiger partial charge is 0.326 e. The Labute approximate surface area is 113 Å². The number of rotatable bonds is 7. The fourth-order valence-corrected chi connectivity index (χ4v) is 2.02. The van der Waals surface area contributed by atoms with E-state index in [0.29, 0.717) is 26.1 Å². The van der Waals surface area contributed by atoms with Crippen LogP contribution in [0.2, 0.25) is 0 Å². The van der Waals surface area contributed by atoms with Gasteiger partial charge in [0, 0.05) is 13.2 Å². The molecule has 110 valence electrons. The third-order valence-electron chi connectivity index (χ3n) is 3.32. The number of hydrogen-bond acceptors (Lipinski definition) is 6. The van der Waals surface area contributed by atoms with Gasteiger partial charge in [-0.1, -0.05) is 13.8 Å². The van der Waals surface area contributed by atoms with E-state index in [1.807, 2.05) is 0 Å². The van der Waals surface area contributed by atoms with E-state index < -0.39 is 29.9 Å². The molecule has 0 amide bonds. The second-order valence-corrected chi connectivity index (χ2v) is 4.25. The lowest BCUT2D eigenvalue weighted by Crippen LogP contribution is -2.53. The second kappa shape index (κ2) is 6.86. The van der Waals surface area contributed by atoms with Crippen LogP contribution in [0, 0.1) is 5.41 Å². The Hall–Kier alpha value is -1.14. The molecule has 1 fully saturated rings. The van der Waals surface area contributed by atoms with Gasteiger partial charge in [0.05, 0.1) is 0 Å². The first kappa shape index (κ1) is 15.9. The molecule has 1 heterocycles. The molecule has 0 atom stereocenters. The zero-order chi connectivity index (χ0) is 14.5. The van der Waals surface area contributed by atoms with E-state index in [-0.39, 0.29) is 0 Å². The lowest BCUT2D eigenvalue weighted by atomic mass is 9.82. The standard InChI is InChI=1S/C13H22O6/c1-5-13(6-2)11(14)18-10(19-12(13)15)9(16-7-3)17-8-4/h9-10H,5-8H2,1-4H3. The topological polar surface area (TPSA) is 71.1 Å². The van der Waals surface area contributed by atoms with Crippen LogP contribution >= 0.6 is 0 Å². The molecule has 1 saturated heterocycles. The van der Waals surface area contributed by atoms with Crippen molar-refractivity contribution in [1.82, 2.24) is 0 Å². The molecular weight excluding hydrogens is 252 g/mol. The number of cyclic esters (lactones) is 2. The molecule has 0 N–H and O–H groups in total. The van der Waals surface area contributed by atoms with Crippen LogP contribution in [0.1, 0.15) is 40.5 Å². The number of carbonyl (C=O) groups excluding carboxylic acids is 2. The van der Waals surface area contributed by atoms with Gasteiger partial charge >= 0.3 is 11.9 Å². The maximum Gasteiger partial charge on any atom is 0.326 e. The van der Waals surface area contributed by atoms with Crippen molar-refractivity contribution in [3.63, 3.8) is 0 Å². The Kier molecular flexibility index (Phi) is 5.75. The summed E-state index contributed by atoms with van der Waals surface area (Å²) in [7, 11) is 0. The molecule has 6 heteroatoms. The highest BCUT2D eigenvalue weighted by atomic mass is 16.8. The minimum Gasteiger partial charge on any atom is -0.419 e. The van der Waals surface area contributed by atoms with Crippen LogP contribution in [0.3, 0.4) is 0 Å². The fraction of sp³-hybridized carbons (Fsp3) is 0.846. The van der Waals surface area contributed by atoms with E-state index in [1.54, 1.807) is 27.7 Å².